The maximum atomic E-state index is 11.0. The molecule has 6 N–H and O–H groups in total. The third-order valence-corrected chi connectivity index (χ3v) is 2.59. The monoisotopic (exact) mass is 274 g/mol. The van der Waals surface area contributed by atoms with Crippen molar-refractivity contribution in [1.82, 2.24) is 16.1 Å². The van der Waals surface area contributed by atoms with Gasteiger partial charge in [-0.1, -0.05) is 0 Å². The van der Waals surface area contributed by atoms with Crippen molar-refractivity contribution in [1.29, 1.82) is 0 Å². The summed E-state index contributed by atoms with van der Waals surface area (Å²) in [6.07, 6.45) is -0.315. The Morgan fingerprint density at radius 1 is 1.59 bits per heavy atom. The van der Waals surface area contributed by atoms with Gasteiger partial charge in [-0.15, -0.1) is 0 Å². The number of hydrogen-bond acceptors (Lipinski definition) is 5. The van der Waals surface area contributed by atoms with Gasteiger partial charge in [0.15, 0.2) is 5.37 Å². The molecule has 0 radical (unpaired) electrons. The van der Waals surface area contributed by atoms with Gasteiger partial charge in [0.25, 0.3) is 10.1 Å². The number of amidine groups is 1. The number of carbonyl (C=O) groups excluding carboxylic acids is 2. The summed E-state index contributed by atoms with van der Waals surface area (Å²) in [5.41, 5.74) is 6.53. The van der Waals surface area contributed by atoms with Gasteiger partial charge in [0.2, 0.25) is 0 Å². The van der Waals surface area contributed by atoms with E-state index >= 15 is 0 Å². The molecule has 0 aliphatic carbocycles. The van der Waals surface area contributed by atoms with Gasteiger partial charge >= 0.3 is 41.6 Å². The first-order chi connectivity index (χ1) is 7.29. The fourth-order valence-corrected chi connectivity index (χ4v) is 1.59. The van der Waals surface area contributed by atoms with Crippen LogP contribution in [0.1, 0.15) is 6.42 Å². The van der Waals surface area contributed by atoms with Crippen LogP contribution >= 0.6 is 0 Å². The fourth-order valence-electron chi connectivity index (χ4n) is 0.967. The van der Waals surface area contributed by atoms with E-state index in [1.54, 1.807) is 0 Å². The summed E-state index contributed by atoms with van der Waals surface area (Å²) in [7, 11) is -4.43. The van der Waals surface area contributed by atoms with E-state index in [4.69, 9.17) is 10.3 Å². The molecule has 90 valence electrons. The second-order valence-corrected chi connectivity index (χ2v) is 4.44. The van der Waals surface area contributed by atoms with Crippen molar-refractivity contribution in [3.8, 4) is 0 Å². The van der Waals surface area contributed by atoms with Gasteiger partial charge in [-0.2, -0.15) is 13.5 Å². The Balaban J connectivity index is 0.00000256. The van der Waals surface area contributed by atoms with E-state index in [2.05, 4.69) is 10.4 Å². The zero-order chi connectivity index (χ0) is 12.3. The van der Waals surface area contributed by atoms with Gasteiger partial charge in [0.05, 0.1) is 0 Å². The van der Waals surface area contributed by atoms with Gasteiger partial charge < -0.3 is 11.1 Å². The van der Waals surface area contributed by atoms with Crippen molar-refractivity contribution in [2.75, 3.05) is 0 Å². The van der Waals surface area contributed by atoms with Crippen molar-refractivity contribution in [3.63, 3.8) is 0 Å². The van der Waals surface area contributed by atoms with Crippen molar-refractivity contribution in [3.05, 3.63) is 0 Å². The Kier molecular flexibility index (Phi) is 5.84. The first kappa shape index (κ1) is 16.1. The molecule has 0 saturated carbocycles. The molecule has 0 spiro atoms. The van der Waals surface area contributed by atoms with E-state index < -0.39 is 27.6 Å². The minimum atomic E-state index is -4.43. The number of rotatable bonds is 2. The molecular weight excluding hydrogens is 265 g/mol. The molecule has 1 unspecified atom stereocenters. The zero-order valence-corrected chi connectivity index (χ0v) is 11.6. The number of hydrogen-bond donors (Lipinski definition) is 5. The molecule has 4 amide bonds. The molecule has 1 atom stereocenters. The van der Waals surface area contributed by atoms with E-state index in [1.165, 1.54) is 0 Å². The number of hydrazone groups is 1. The summed E-state index contributed by atoms with van der Waals surface area (Å²) in [4.78, 5) is 21.3. The Morgan fingerprint density at radius 2 is 2.18 bits per heavy atom. The molecule has 10 nitrogen and oxygen atoms in total. The van der Waals surface area contributed by atoms with Crippen LogP contribution in [0.5, 0.6) is 0 Å². The van der Waals surface area contributed by atoms with Gasteiger partial charge in [-0.25, -0.2) is 15.0 Å². The maximum Gasteiger partial charge on any atom is 1.00 e. The molecule has 1 aliphatic rings. The molecule has 0 aromatic rings. The summed E-state index contributed by atoms with van der Waals surface area (Å²) >= 11 is 0. The van der Waals surface area contributed by atoms with Crippen molar-refractivity contribution in [2.24, 2.45) is 10.8 Å². The van der Waals surface area contributed by atoms with Crippen LogP contribution in [0.3, 0.4) is 0 Å². The quantitative estimate of drug-likeness (QED) is 0.193. The molecule has 12 heteroatoms. The maximum absolute atomic E-state index is 11.0. The summed E-state index contributed by atoms with van der Waals surface area (Å²) in [6, 6.07) is -1.83. The third kappa shape index (κ3) is 5.32. The molecule has 0 bridgehead atoms. The van der Waals surface area contributed by atoms with Gasteiger partial charge in [0, 0.05) is 6.42 Å². The minimum Gasteiger partial charge on any atom is -0.350 e. The third-order valence-electron chi connectivity index (χ3n) is 1.59. The van der Waals surface area contributed by atoms with Crippen LogP contribution in [0, 0.1) is 0 Å². The SMILES string of the molecule is NC(=O)N/N=C1\CC(S(=O)(=O)O)NC(=O)N1.[Na+]. The van der Waals surface area contributed by atoms with Crippen LogP contribution < -0.4 is 51.4 Å². The van der Waals surface area contributed by atoms with E-state index in [1.807, 2.05) is 10.7 Å². The molecule has 1 aliphatic heterocycles. The Hall–Kier alpha value is -0.880. The predicted molar refractivity (Wildman–Crippen MR) is 51.8 cm³/mol. The Morgan fingerprint density at radius 3 is 2.65 bits per heavy atom. The average Bonchev–Trinajstić information content (AvgIpc) is 2.12. The standard InChI is InChI=1S/C5H9N5O5S.Na/c6-4(11)10-9-2-1-3(16(13,14)15)8-5(12)7-2;/h3H,1H2,(H3,6,10,11)(H,13,14,15)(H2,7,8,9,12);/q;+1. The number of carbonyl (C=O) groups is 2. The molecule has 1 heterocycles. The van der Waals surface area contributed by atoms with Crippen LogP contribution in [0.4, 0.5) is 9.59 Å². The Bertz CT molecular complexity index is 448. The molecule has 1 rings (SSSR count). The first-order valence-electron chi connectivity index (χ1n) is 3.95. The van der Waals surface area contributed by atoms with Crippen molar-refractivity contribution in [2.45, 2.75) is 11.8 Å². The minimum absolute atomic E-state index is 0. The second-order valence-electron chi connectivity index (χ2n) is 2.84. The predicted octanol–water partition coefficient (Wildman–Crippen LogP) is -5.11. The summed E-state index contributed by atoms with van der Waals surface area (Å²) in [5.74, 6) is -0.134. The van der Waals surface area contributed by atoms with Crippen LogP contribution in [0.15, 0.2) is 5.10 Å². The molecule has 0 aromatic carbocycles. The van der Waals surface area contributed by atoms with Crippen LogP contribution in [-0.4, -0.2) is 36.2 Å². The normalized spacial score (nSPS) is 22.1. The van der Waals surface area contributed by atoms with Crippen molar-refractivity contribution >= 4 is 28.0 Å². The van der Waals surface area contributed by atoms with Crippen molar-refractivity contribution < 1.29 is 52.1 Å². The number of urea groups is 2. The first-order valence-corrected chi connectivity index (χ1v) is 5.45. The van der Waals surface area contributed by atoms with Gasteiger partial charge in [-0.3, -0.25) is 9.87 Å². The summed E-state index contributed by atoms with van der Waals surface area (Å²) in [6.45, 7) is 0. The smallest absolute Gasteiger partial charge is 0.350 e. The van der Waals surface area contributed by atoms with E-state index in [9.17, 15) is 18.0 Å². The van der Waals surface area contributed by atoms with Crippen LogP contribution in [0.2, 0.25) is 0 Å². The number of amides is 4. The fraction of sp³-hybridized carbons (Fsp3) is 0.400. The molecule has 0 aromatic heterocycles. The van der Waals surface area contributed by atoms with E-state index in [-0.39, 0.29) is 41.8 Å². The van der Waals surface area contributed by atoms with Crippen LogP contribution in [0.25, 0.3) is 0 Å². The topological polar surface area (TPSA) is 163 Å². The molecule has 17 heavy (non-hydrogen) atoms. The van der Waals surface area contributed by atoms with E-state index in [0.717, 1.165) is 0 Å². The molecule has 1 fully saturated rings. The number of nitrogens with zero attached hydrogens (tertiary/aromatic N) is 1. The summed E-state index contributed by atoms with van der Waals surface area (Å²) in [5, 5.41) is 5.93. The second kappa shape index (κ2) is 6.16. The average molecular weight is 274 g/mol. The van der Waals surface area contributed by atoms with Gasteiger partial charge in [0.1, 0.15) is 5.84 Å². The molecular formula is C5H9N5NaO5S+. The molecule has 1 saturated heterocycles. The van der Waals surface area contributed by atoms with Gasteiger partial charge in [-0.05, 0) is 0 Å². The number of nitrogens with two attached hydrogens (primary N) is 1. The largest absolute Gasteiger partial charge is 1.00 e. The van der Waals surface area contributed by atoms with Crippen LogP contribution in [-0.2, 0) is 10.1 Å². The number of nitrogens with one attached hydrogen (secondary N) is 3. The zero-order valence-electron chi connectivity index (χ0n) is 8.80. The summed E-state index contributed by atoms with van der Waals surface area (Å²) < 4.78 is 30.2. The Labute approximate surface area is 118 Å². The van der Waals surface area contributed by atoms with E-state index in [0.29, 0.717) is 0 Å². The number of primary amides is 1.